The molecule has 6 nitrogen and oxygen atoms in total. The van der Waals surface area contributed by atoms with Crippen LogP contribution in [-0.2, 0) is 14.3 Å². The van der Waals surface area contributed by atoms with E-state index < -0.39 is 6.04 Å². The van der Waals surface area contributed by atoms with Gasteiger partial charge in [-0.15, -0.1) is 12.4 Å². The average molecular weight is 362 g/mol. The van der Waals surface area contributed by atoms with Gasteiger partial charge < -0.3 is 20.3 Å². The van der Waals surface area contributed by atoms with Crippen molar-refractivity contribution in [1.29, 1.82) is 0 Å². The Bertz CT molecular complexity index is 542. The standard InChI is InChI=1S/C15H20ClN3O3.ClH/c1-22-8-6-17-10-14(20)18-13-5-7-19(15(13)21)12-4-2-3-11(16)9-12;/h2-4,9,13,17H,5-8,10H2,1H3,(H,18,20);1H. The van der Waals surface area contributed by atoms with E-state index in [4.69, 9.17) is 16.3 Å². The van der Waals surface area contributed by atoms with Crippen LogP contribution in [0.1, 0.15) is 6.42 Å². The number of hydrogen-bond donors (Lipinski definition) is 2. The fourth-order valence-corrected chi connectivity index (χ4v) is 2.52. The lowest BCUT2D eigenvalue weighted by atomic mass is 10.2. The SMILES string of the molecule is COCCNCC(=O)NC1CCN(c2cccc(Cl)c2)C1=O.Cl. The van der Waals surface area contributed by atoms with Gasteiger partial charge in [-0.25, -0.2) is 0 Å². The zero-order valence-corrected chi connectivity index (χ0v) is 14.5. The van der Waals surface area contributed by atoms with Gasteiger partial charge in [0.1, 0.15) is 6.04 Å². The maximum absolute atomic E-state index is 12.4. The lowest BCUT2D eigenvalue weighted by molar-refractivity contribution is -0.125. The van der Waals surface area contributed by atoms with E-state index in [1.165, 1.54) is 0 Å². The summed E-state index contributed by atoms with van der Waals surface area (Å²) in [7, 11) is 1.60. The second kappa shape index (κ2) is 9.72. The van der Waals surface area contributed by atoms with Gasteiger partial charge in [0.25, 0.3) is 0 Å². The van der Waals surface area contributed by atoms with Crippen molar-refractivity contribution >= 4 is 41.5 Å². The molecule has 0 saturated carbocycles. The molecule has 1 unspecified atom stereocenters. The van der Waals surface area contributed by atoms with Crippen molar-refractivity contribution in [2.45, 2.75) is 12.5 Å². The van der Waals surface area contributed by atoms with Crippen LogP contribution in [-0.4, -0.2) is 51.2 Å². The molecule has 23 heavy (non-hydrogen) atoms. The van der Waals surface area contributed by atoms with Crippen molar-refractivity contribution in [1.82, 2.24) is 10.6 Å². The molecule has 0 bridgehead atoms. The highest BCUT2D eigenvalue weighted by Crippen LogP contribution is 2.24. The molecule has 1 fully saturated rings. The highest BCUT2D eigenvalue weighted by Gasteiger charge is 2.33. The summed E-state index contributed by atoms with van der Waals surface area (Å²) in [6, 6.07) is 6.67. The summed E-state index contributed by atoms with van der Waals surface area (Å²) in [6.07, 6.45) is 0.592. The first-order valence-corrected chi connectivity index (χ1v) is 7.55. The van der Waals surface area contributed by atoms with E-state index >= 15 is 0 Å². The number of anilines is 1. The Hall–Kier alpha value is -1.34. The van der Waals surface area contributed by atoms with Crippen LogP contribution >= 0.6 is 24.0 Å². The van der Waals surface area contributed by atoms with Gasteiger partial charge in [-0.2, -0.15) is 0 Å². The molecule has 2 N–H and O–H groups in total. The highest BCUT2D eigenvalue weighted by atomic mass is 35.5. The molecule has 0 aliphatic carbocycles. The molecule has 1 aliphatic rings. The van der Waals surface area contributed by atoms with Gasteiger partial charge in [-0.1, -0.05) is 17.7 Å². The molecule has 1 aromatic rings. The lowest BCUT2D eigenvalue weighted by Gasteiger charge is -2.17. The first kappa shape index (κ1) is 19.7. The number of ether oxygens (including phenoxy) is 1. The second-order valence-corrected chi connectivity index (χ2v) is 5.48. The fraction of sp³-hybridized carbons (Fsp3) is 0.467. The summed E-state index contributed by atoms with van der Waals surface area (Å²) in [4.78, 5) is 25.8. The molecule has 2 amide bonds. The third-order valence-corrected chi connectivity index (χ3v) is 3.66. The van der Waals surface area contributed by atoms with Crippen LogP contribution < -0.4 is 15.5 Å². The molecule has 0 spiro atoms. The Balaban J connectivity index is 0.00000264. The number of rotatable bonds is 7. The molecule has 2 rings (SSSR count). The number of carbonyl (C=O) groups excluding carboxylic acids is 2. The average Bonchev–Trinajstić information content (AvgIpc) is 2.85. The number of hydrogen-bond acceptors (Lipinski definition) is 4. The van der Waals surface area contributed by atoms with Crippen molar-refractivity contribution in [3.05, 3.63) is 29.3 Å². The Kier molecular flexibility index (Phi) is 8.33. The van der Waals surface area contributed by atoms with Crippen LogP contribution in [0.25, 0.3) is 0 Å². The molecular formula is C15H21Cl2N3O3. The number of methoxy groups -OCH3 is 1. The molecule has 1 atom stereocenters. The maximum Gasteiger partial charge on any atom is 0.249 e. The van der Waals surface area contributed by atoms with Gasteiger partial charge in [-0.3, -0.25) is 9.59 Å². The highest BCUT2D eigenvalue weighted by molar-refractivity contribution is 6.31. The summed E-state index contributed by atoms with van der Waals surface area (Å²) < 4.78 is 4.88. The summed E-state index contributed by atoms with van der Waals surface area (Å²) in [5.74, 6) is -0.296. The number of benzene rings is 1. The summed E-state index contributed by atoms with van der Waals surface area (Å²) in [5.41, 5.74) is 0.757. The Morgan fingerprint density at radius 1 is 1.48 bits per heavy atom. The first-order valence-electron chi connectivity index (χ1n) is 7.18. The molecule has 0 radical (unpaired) electrons. The van der Waals surface area contributed by atoms with E-state index in [0.29, 0.717) is 31.1 Å². The summed E-state index contributed by atoms with van der Waals surface area (Å²) in [5, 5.41) is 6.28. The lowest BCUT2D eigenvalue weighted by Crippen LogP contribution is -2.45. The molecular weight excluding hydrogens is 341 g/mol. The monoisotopic (exact) mass is 361 g/mol. The van der Waals surface area contributed by atoms with Crippen LogP contribution in [0.15, 0.2) is 24.3 Å². The molecule has 1 saturated heterocycles. The minimum absolute atomic E-state index is 0. The molecule has 1 aromatic carbocycles. The van der Waals surface area contributed by atoms with Crippen molar-refractivity contribution in [3.8, 4) is 0 Å². The second-order valence-electron chi connectivity index (χ2n) is 5.05. The van der Waals surface area contributed by atoms with Crippen molar-refractivity contribution in [2.24, 2.45) is 0 Å². The molecule has 1 aliphatic heterocycles. The summed E-state index contributed by atoms with van der Waals surface area (Å²) in [6.45, 7) is 1.88. The predicted molar refractivity (Wildman–Crippen MR) is 92.3 cm³/mol. The zero-order valence-electron chi connectivity index (χ0n) is 12.9. The number of halogens is 2. The van der Waals surface area contributed by atoms with Gasteiger partial charge in [0.15, 0.2) is 0 Å². The van der Waals surface area contributed by atoms with Crippen molar-refractivity contribution < 1.29 is 14.3 Å². The fourth-order valence-electron chi connectivity index (χ4n) is 2.34. The van der Waals surface area contributed by atoms with Gasteiger partial charge in [0, 0.05) is 30.9 Å². The third kappa shape index (κ3) is 5.66. The van der Waals surface area contributed by atoms with Crippen LogP contribution in [0.2, 0.25) is 5.02 Å². The van der Waals surface area contributed by atoms with Crippen LogP contribution in [0.4, 0.5) is 5.69 Å². The molecule has 0 aromatic heterocycles. The van der Waals surface area contributed by atoms with E-state index in [2.05, 4.69) is 10.6 Å². The minimum Gasteiger partial charge on any atom is -0.383 e. The van der Waals surface area contributed by atoms with Gasteiger partial charge in [0.2, 0.25) is 11.8 Å². The van der Waals surface area contributed by atoms with Gasteiger partial charge >= 0.3 is 0 Å². The predicted octanol–water partition coefficient (Wildman–Crippen LogP) is 1.22. The van der Waals surface area contributed by atoms with Crippen LogP contribution in [0.5, 0.6) is 0 Å². The summed E-state index contributed by atoms with van der Waals surface area (Å²) >= 11 is 5.95. The smallest absolute Gasteiger partial charge is 0.249 e. The van der Waals surface area contributed by atoms with Crippen LogP contribution in [0.3, 0.4) is 0 Å². The number of amides is 2. The van der Waals surface area contributed by atoms with E-state index in [1.54, 1.807) is 30.2 Å². The maximum atomic E-state index is 12.4. The van der Waals surface area contributed by atoms with Crippen LogP contribution in [0, 0.1) is 0 Å². The minimum atomic E-state index is -0.476. The Morgan fingerprint density at radius 3 is 2.96 bits per heavy atom. The zero-order chi connectivity index (χ0) is 15.9. The number of nitrogens with one attached hydrogen (secondary N) is 2. The van der Waals surface area contributed by atoms with E-state index in [0.717, 1.165) is 5.69 Å². The number of nitrogens with zero attached hydrogens (tertiary/aromatic N) is 1. The number of carbonyl (C=O) groups is 2. The van der Waals surface area contributed by atoms with Gasteiger partial charge in [0.05, 0.1) is 13.2 Å². The Morgan fingerprint density at radius 2 is 2.26 bits per heavy atom. The van der Waals surface area contributed by atoms with E-state index in [1.807, 2.05) is 6.07 Å². The van der Waals surface area contributed by atoms with Gasteiger partial charge in [-0.05, 0) is 24.6 Å². The normalized spacial score (nSPS) is 17.0. The van der Waals surface area contributed by atoms with E-state index in [-0.39, 0.29) is 30.8 Å². The quantitative estimate of drug-likeness (QED) is 0.716. The van der Waals surface area contributed by atoms with Crippen molar-refractivity contribution in [2.75, 3.05) is 38.3 Å². The Labute approximate surface area is 146 Å². The largest absolute Gasteiger partial charge is 0.383 e. The first-order chi connectivity index (χ1) is 10.6. The molecule has 128 valence electrons. The third-order valence-electron chi connectivity index (χ3n) is 3.43. The molecule has 1 heterocycles. The topological polar surface area (TPSA) is 70.7 Å². The molecule has 8 heteroatoms. The van der Waals surface area contributed by atoms with Crippen molar-refractivity contribution in [3.63, 3.8) is 0 Å². The van der Waals surface area contributed by atoms with E-state index in [9.17, 15) is 9.59 Å².